The van der Waals surface area contributed by atoms with Crippen molar-refractivity contribution in [3.8, 4) is 0 Å². The van der Waals surface area contributed by atoms with Crippen LogP contribution in [0.5, 0.6) is 0 Å². The van der Waals surface area contributed by atoms with Crippen LogP contribution in [-0.4, -0.2) is 96.7 Å². The summed E-state index contributed by atoms with van der Waals surface area (Å²) in [6.07, 6.45) is 49.8. The van der Waals surface area contributed by atoms with Gasteiger partial charge in [0.2, 0.25) is 0 Å². The molecule has 0 aliphatic heterocycles. The maximum atomic E-state index is 13.0. The first kappa shape index (κ1) is 87.1. The number of carbonyl (C=O) groups is 4. The predicted molar refractivity (Wildman–Crippen MR) is 358 cm³/mol. The highest BCUT2D eigenvalue weighted by atomic mass is 31.2. The Hall–Kier alpha value is -1.94. The standard InChI is InChI=1S/C70H136O17P2/c1-6-10-13-16-19-22-25-27-28-29-30-33-36-39-46-51-56-70(75)86-65(59-80-67(72)53-48-43-37-34-32-26-23-20-17-14-11-7-2)61-84-88(76,77)82-57-64(71)58-83-89(78,79)85-62-66(60-81-68(73)54-49-44-41-40-42-47-52-63(5)9-4)87-69(74)55-50-45-38-35-31-24-21-18-15-12-8-3/h63-66,71H,6-62H2,1-5H3,(H,76,77)(H,78,79)/t63?,64-,65-,66-/m1/s1. The van der Waals surface area contributed by atoms with E-state index in [2.05, 4.69) is 34.6 Å². The molecule has 0 fully saturated rings. The van der Waals surface area contributed by atoms with Gasteiger partial charge in [0, 0.05) is 25.7 Å². The minimum atomic E-state index is -4.95. The molecule has 0 spiro atoms. The summed E-state index contributed by atoms with van der Waals surface area (Å²) in [5.74, 6) is -1.39. The first-order chi connectivity index (χ1) is 43.1. The second kappa shape index (κ2) is 63.5. The van der Waals surface area contributed by atoms with E-state index < -0.39 is 97.5 Å². The van der Waals surface area contributed by atoms with Crippen LogP contribution in [0.4, 0.5) is 0 Å². The zero-order valence-electron chi connectivity index (χ0n) is 57.6. The lowest BCUT2D eigenvalue weighted by molar-refractivity contribution is -0.161. The van der Waals surface area contributed by atoms with E-state index in [1.165, 1.54) is 180 Å². The van der Waals surface area contributed by atoms with Crippen molar-refractivity contribution in [1.82, 2.24) is 0 Å². The molecule has 0 aromatic rings. The van der Waals surface area contributed by atoms with Crippen molar-refractivity contribution in [2.75, 3.05) is 39.6 Å². The fourth-order valence-electron chi connectivity index (χ4n) is 10.6. The number of esters is 4. The molecular weight excluding hydrogens is 1170 g/mol. The van der Waals surface area contributed by atoms with E-state index in [4.69, 9.17) is 37.0 Å². The molecule has 0 amide bonds. The smallest absolute Gasteiger partial charge is 0.462 e. The third-order valence-corrected chi connectivity index (χ3v) is 18.5. The topological polar surface area (TPSA) is 237 Å². The van der Waals surface area contributed by atoms with Gasteiger partial charge < -0.3 is 33.8 Å². The fraction of sp³-hybridized carbons (Fsp3) is 0.943. The molecule has 0 bridgehead atoms. The Kier molecular flexibility index (Phi) is 62.1. The molecular formula is C70H136O17P2. The van der Waals surface area contributed by atoms with Gasteiger partial charge in [-0.2, -0.15) is 0 Å². The number of unbranched alkanes of at least 4 members (excludes halogenated alkanes) is 41. The Bertz CT molecular complexity index is 1720. The van der Waals surface area contributed by atoms with Crippen molar-refractivity contribution in [3.63, 3.8) is 0 Å². The minimum absolute atomic E-state index is 0.106. The minimum Gasteiger partial charge on any atom is -0.462 e. The molecule has 0 saturated heterocycles. The lowest BCUT2D eigenvalue weighted by Crippen LogP contribution is -2.30. The zero-order valence-corrected chi connectivity index (χ0v) is 59.4. The Labute approximate surface area is 543 Å². The molecule has 0 radical (unpaired) electrons. The molecule has 3 N–H and O–H groups in total. The average molecular weight is 1310 g/mol. The van der Waals surface area contributed by atoms with Crippen molar-refractivity contribution in [1.29, 1.82) is 0 Å². The zero-order chi connectivity index (χ0) is 65.6. The van der Waals surface area contributed by atoms with Crippen molar-refractivity contribution in [2.45, 2.75) is 380 Å². The summed E-state index contributed by atoms with van der Waals surface area (Å²) in [6.45, 7) is 7.21. The first-order valence-corrected chi connectivity index (χ1v) is 39.7. The lowest BCUT2D eigenvalue weighted by Gasteiger charge is -2.21. The molecule has 0 aromatic heterocycles. The highest BCUT2D eigenvalue weighted by Crippen LogP contribution is 2.45. The molecule has 19 heteroatoms. The number of ether oxygens (including phenoxy) is 4. The van der Waals surface area contributed by atoms with E-state index in [0.717, 1.165) is 102 Å². The maximum Gasteiger partial charge on any atom is 0.472 e. The summed E-state index contributed by atoms with van der Waals surface area (Å²) in [5, 5.41) is 10.6. The molecule has 0 heterocycles. The van der Waals surface area contributed by atoms with E-state index in [-0.39, 0.29) is 25.7 Å². The molecule has 89 heavy (non-hydrogen) atoms. The van der Waals surface area contributed by atoms with Gasteiger partial charge in [-0.1, -0.05) is 311 Å². The molecule has 0 saturated carbocycles. The van der Waals surface area contributed by atoms with E-state index in [1.807, 2.05) is 0 Å². The van der Waals surface area contributed by atoms with Crippen molar-refractivity contribution in [2.24, 2.45) is 5.92 Å². The van der Waals surface area contributed by atoms with Crippen LogP contribution >= 0.6 is 15.6 Å². The predicted octanol–water partition coefficient (Wildman–Crippen LogP) is 20.1. The van der Waals surface area contributed by atoms with E-state index in [9.17, 15) is 43.2 Å². The summed E-state index contributed by atoms with van der Waals surface area (Å²) < 4.78 is 68.3. The summed E-state index contributed by atoms with van der Waals surface area (Å²) in [5.41, 5.74) is 0. The number of phosphoric ester groups is 2. The first-order valence-electron chi connectivity index (χ1n) is 36.7. The van der Waals surface area contributed by atoms with Gasteiger partial charge >= 0.3 is 39.5 Å². The summed E-state index contributed by atoms with van der Waals surface area (Å²) in [4.78, 5) is 72.5. The SMILES string of the molecule is CCCCCCCCCCCCCCCCCCC(=O)O[C@H](COC(=O)CCCCCCCCCCCCCC)COP(=O)(O)OC[C@@H](O)COP(=O)(O)OC[C@@H](COC(=O)CCCCCCCCC(C)CC)OC(=O)CCCCCCCCCCCCC. The van der Waals surface area contributed by atoms with Gasteiger partial charge in [-0.05, 0) is 31.6 Å². The van der Waals surface area contributed by atoms with Gasteiger partial charge in [-0.3, -0.25) is 37.3 Å². The number of hydrogen-bond donors (Lipinski definition) is 3. The van der Waals surface area contributed by atoms with Gasteiger partial charge in [0.1, 0.15) is 19.3 Å². The van der Waals surface area contributed by atoms with Gasteiger partial charge in [0.15, 0.2) is 12.2 Å². The van der Waals surface area contributed by atoms with Crippen LogP contribution in [0.25, 0.3) is 0 Å². The number of aliphatic hydroxyl groups excluding tert-OH is 1. The summed E-state index contributed by atoms with van der Waals surface area (Å²) in [7, 11) is -9.90. The van der Waals surface area contributed by atoms with Gasteiger partial charge in [-0.25, -0.2) is 9.13 Å². The van der Waals surface area contributed by atoms with Crippen molar-refractivity contribution >= 4 is 39.5 Å². The van der Waals surface area contributed by atoms with Crippen LogP contribution in [-0.2, 0) is 65.4 Å². The molecule has 0 aliphatic rings. The molecule has 6 atom stereocenters. The van der Waals surface area contributed by atoms with Gasteiger partial charge in [-0.15, -0.1) is 0 Å². The number of aliphatic hydroxyl groups is 1. The molecule has 0 aromatic carbocycles. The second-order valence-electron chi connectivity index (χ2n) is 25.5. The third-order valence-electron chi connectivity index (χ3n) is 16.6. The van der Waals surface area contributed by atoms with Crippen LogP contribution in [0.15, 0.2) is 0 Å². The van der Waals surface area contributed by atoms with Crippen LogP contribution in [0.1, 0.15) is 362 Å². The fourth-order valence-corrected chi connectivity index (χ4v) is 12.2. The maximum absolute atomic E-state index is 13.0. The monoisotopic (exact) mass is 1310 g/mol. The number of carbonyl (C=O) groups excluding carboxylic acids is 4. The van der Waals surface area contributed by atoms with Crippen LogP contribution in [0.3, 0.4) is 0 Å². The van der Waals surface area contributed by atoms with Crippen LogP contribution in [0.2, 0.25) is 0 Å². The molecule has 528 valence electrons. The Balaban J connectivity index is 5.24. The van der Waals surface area contributed by atoms with Crippen LogP contribution < -0.4 is 0 Å². The second-order valence-corrected chi connectivity index (χ2v) is 28.4. The molecule has 17 nitrogen and oxygen atoms in total. The quantitative estimate of drug-likeness (QED) is 0.0222. The lowest BCUT2D eigenvalue weighted by atomic mass is 10.00. The van der Waals surface area contributed by atoms with Gasteiger partial charge in [0.05, 0.1) is 26.4 Å². The molecule has 3 unspecified atom stereocenters. The number of phosphoric acid groups is 2. The summed E-state index contributed by atoms with van der Waals surface area (Å²) in [6, 6.07) is 0. The number of rotatable bonds is 70. The van der Waals surface area contributed by atoms with Crippen molar-refractivity contribution in [3.05, 3.63) is 0 Å². The van der Waals surface area contributed by atoms with Crippen LogP contribution in [0, 0.1) is 5.92 Å². The van der Waals surface area contributed by atoms with E-state index in [0.29, 0.717) is 25.7 Å². The Morgan fingerprint density at radius 2 is 0.539 bits per heavy atom. The number of hydrogen-bond acceptors (Lipinski definition) is 15. The highest BCUT2D eigenvalue weighted by molar-refractivity contribution is 7.47. The average Bonchev–Trinajstić information content (AvgIpc) is 3.68. The van der Waals surface area contributed by atoms with E-state index in [1.54, 1.807) is 0 Å². The van der Waals surface area contributed by atoms with E-state index >= 15 is 0 Å². The third kappa shape index (κ3) is 63.2. The molecule has 0 aliphatic carbocycles. The van der Waals surface area contributed by atoms with Gasteiger partial charge in [0.25, 0.3) is 0 Å². The van der Waals surface area contributed by atoms with Crippen molar-refractivity contribution < 1.29 is 80.2 Å². The normalized spacial score (nSPS) is 14.4. The Morgan fingerprint density at radius 3 is 0.798 bits per heavy atom. The Morgan fingerprint density at radius 1 is 0.315 bits per heavy atom. The highest BCUT2D eigenvalue weighted by Gasteiger charge is 2.30. The largest absolute Gasteiger partial charge is 0.472 e. The summed E-state index contributed by atoms with van der Waals surface area (Å²) >= 11 is 0. The molecule has 0 rings (SSSR count).